The highest BCUT2D eigenvalue weighted by atomic mass is 35.5. The van der Waals surface area contributed by atoms with Crippen LogP contribution >= 0.6 is 12.4 Å². The Morgan fingerprint density at radius 1 is 1.05 bits per heavy atom. The lowest BCUT2D eigenvalue weighted by Gasteiger charge is -2.61. The average Bonchev–Trinajstić information content (AvgIpc) is 2.25. The van der Waals surface area contributed by atoms with Crippen LogP contribution < -0.4 is 0 Å². The van der Waals surface area contributed by atoms with Crippen LogP contribution in [0.4, 0.5) is 0 Å². The maximum Gasteiger partial charge on any atom is 0.0221 e. The number of hydrogen-bond donors (Lipinski definition) is 0. The van der Waals surface area contributed by atoms with E-state index >= 15 is 0 Å². The van der Waals surface area contributed by atoms with E-state index in [9.17, 15) is 0 Å². The molecule has 4 saturated carbocycles. The van der Waals surface area contributed by atoms with Crippen molar-refractivity contribution >= 4 is 12.4 Å². The largest absolute Gasteiger partial charge is 0.293 e. The molecular weight excluding hydrogens is 254 g/mol. The lowest BCUT2D eigenvalue weighted by Crippen LogP contribution is -2.61. The zero-order valence-corrected chi connectivity index (χ0v) is 13.2. The summed E-state index contributed by atoms with van der Waals surface area (Å²) >= 11 is 0. The normalized spacial score (nSPS) is 48.8. The van der Waals surface area contributed by atoms with Crippen molar-refractivity contribution in [2.75, 3.05) is 13.1 Å². The van der Waals surface area contributed by atoms with E-state index in [1.165, 1.54) is 32.4 Å². The zero-order valence-electron chi connectivity index (χ0n) is 12.4. The minimum absolute atomic E-state index is 0. The quantitative estimate of drug-likeness (QED) is 0.649. The molecule has 5 aliphatic rings. The summed E-state index contributed by atoms with van der Waals surface area (Å²) in [6.45, 7) is 7.32. The second-order valence-electron chi connectivity index (χ2n) is 8.01. The van der Waals surface area contributed by atoms with Gasteiger partial charge in [0.2, 0.25) is 0 Å². The summed E-state index contributed by atoms with van der Waals surface area (Å²) in [6, 6.07) is 0. The maximum absolute atomic E-state index is 2.90. The van der Waals surface area contributed by atoms with E-state index in [0.29, 0.717) is 5.54 Å². The monoisotopic (exact) mass is 281 g/mol. The SMILES string of the molecule is CC1=CC(C)CN(C23CC4CC(CC(C4)C2)C3)C1.Cl. The van der Waals surface area contributed by atoms with E-state index in [2.05, 4.69) is 24.8 Å². The first-order valence-corrected chi connectivity index (χ1v) is 8.05. The summed E-state index contributed by atoms with van der Waals surface area (Å²) in [6.07, 6.45) is 11.8. The Bertz CT molecular complexity index is 351. The van der Waals surface area contributed by atoms with Crippen LogP contribution in [0.3, 0.4) is 0 Å². The van der Waals surface area contributed by atoms with Crippen LogP contribution in [0.5, 0.6) is 0 Å². The molecule has 1 atom stereocenters. The first kappa shape index (κ1) is 13.9. The van der Waals surface area contributed by atoms with E-state index < -0.39 is 0 Å². The van der Waals surface area contributed by atoms with Gasteiger partial charge in [-0.3, -0.25) is 4.90 Å². The molecule has 4 bridgehead atoms. The second-order valence-corrected chi connectivity index (χ2v) is 8.01. The lowest BCUT2D eigenvalue weighted by atomic mass is 9.52. The van der Waals surface area contributed by atoms with Crippen LogP contribution in [0.15, 0.2) is 11.6 Å². The number of rotatable bonds is 1. The molecule has 19 heavy (non-hydrogen) atoms. The fraction of sp³-hybridized carbons (Fsp3) is 0.882. The minimum Gasteiger partial charge on any atom is -0.293 e. The van der Waals surface area contributed by atoms with Crippen molar-refractivity contribution in [2.24, 2.45) is 23.7 Å². The first-order chi connectivity index (χ1) is 8.63. The molecule has 0 aromatic carbocycles. The van der Waals surface area contributed by atoms with Gasteiger partial charge in [-0.05, 0) is 69.1 Å². The van der Waals surface area contributed by atoms with E-state index in [0.717, 1.165) is 23.7 Å². The predicted molar refractivity (Wildman–Crippen MR) is 82.6 cm³/mol. The van der Waals surface area contributed by atoms with Crippen molar-refractivity contribution in [3.05, 3.63) is 11.6 Å². The molecule has 1 heterocycles. The van der Waals surface area contributed by atoms with Gasteiger partial charge in [0.15, 0.2) is 0 Å². The highest BCUT2D eigenvalue weighted by Crippen LogP contribution is 2.58. The fourth-order valence-electron chi connectivity index (χ4n) is 6.12. The summed E-state index contributed by atoms with van der Waals surface area (Å²) in [7, 11) is 0. The van der Waals surface area contributed by atoms with Crippen LogP contribution in [0.2, 0.25) is 0 Å². The van der Waals surface area contributed by atoms with Crippen molar-refractivity contribution in [3.8, 4) is 0 Å². The van der Waals surface area contributed by atoms with Crippen molar-refractivity contribution in [1.82, 2.24) is 4.90 Å². The summed E-state index contributed by atoms with van der Waals surface area (Å²) in [5, 5.41) is 0. The Balaban J connectivity index is 0.00000110. The zero-order chi connectivity index (χ0) is 12.3. The molecule has 4 aliphatic carbocycles. The second kappa shape index (κ2) is 4.77. The maximum atomic E-state index is 2.90. The van der Waals surface area contributed by atoms with Crippen molar-refractivity contribution in [2.45, 2.75) is 57.9 Å². The van der Waals surface area contributed by atoms with Crippen LogP contribution in [0, 0.1) is 23.7 Å². The molecule has 1 aliphatic heterocycles. The molecule has 0 aromatic heterocycles. The molecule has 0 radical (unpaired) electrons. The molecule has 1 nitrogen and oxygen atoms in total. The summed E-state index contributed by atoms with van der Waals surface area (Å²) in [5.41, 5.74) is 2.24. The van der Waals surface area contributed by atoms with Gasteiger partial charge in [0.25, 0.3) is 0 Å². The van der Waals surface area contributed by atoms with Gasteiger partial charge in [0.1, 0.15) is 0 Å². The third-order valence-electron chi connectivity index (χ3n) is 6.19. The number of nitrogens with zero attached hydrogens (tertiary/aromatic N) is 1. The van der Waals surface area contributed by atoms with E-state index in [-0.39, 0.29) is 12.4 Å². The van der Waals surface area contributed by atoms with E-state index in [4.69, 9.17) is 0 Å². The number of hydrogen-bond acceptors (Lipinski definition) is 1. The van der Waals surface area contributed by atoms with E-state index in [1.54, 1.807) is 24.8 Å². The van der Waals surface area contributed by atoms with Gasteiger partial charge in [-0.15, -0.1) is 12.4 Å². The molecule has 0 spiro atoms. The third kappa shape index (κ3) is 2.27. The Morgan fingerprint density at radius 2 is 1.58 bits per heavy atom. The van der Waals surface area contributed by atoms with Gasteiger partial charge >= 0.3 is 0 Å². The van der Waals surface area contributed by atoms with Crippen molar-refractivity contribution < 1.29 is 0 Å². The molecule has 0 amide bonds. The molecule has 0 N–H and O–H groups in total. The molecule has 1 unspecified atom stereocenters. The first-order valence-electron chi connectivity index (χ1n) is 8.05. The van der Waals surface area contributed by atoms with Gasteiger partial charge in [-0.1, -0.05) is 18.6 Å². The third-order valence-corrected chi connectivity index (χ3v) is 6.19. The van der Waals surface area contributed by atoms with Crippen LogP contribution in [0.1, 0.15) is 52.4 Å². The summed E-state index contributed by atoms with van der Waals surface area (Å²) < 4.78 is 0. The predicted octanol–water partition coefficient (Wildman–Crippen LogP) is 4.28. The number of halogens is 1. The fourth-order valence-corrected chi connectivity index (χ4v) is 6.12. The van der Waals surface area contributed by atoms with E-state index in [1.807, 2.05) is 0 Å². The molecule has 5 rings (SSSR count). The van der Waals surface area contributed by atoms with Gasteiger partial charge in [0.05, 0.1) is 0 Å². The standard InChI is InChI=1S/C17H27N.ClH/c1-12-3-13(2)11-18(10-12)17-7-14-4-15(8-17)6-16(5-14)9-17;/h3,12,14-16H,4-11H2,1-2H3;1H. The smallest absolute Gasteiger partial charge is 0.0221 e. The van der Waals surface area contributed by atoms with Crippen molar-refractivity contribution in [1.29, 1.82) is 0 Å². The molecule has 108 valence electrons. The highest BCUT2D eigenvalue weighted by Gasteiger charge is 2.53. The Hall–Kier alpha value is -0.0100. The summed E-state index contributed by atoms with van der Waals surface area (Å²) in [4.78, 5) is 2.90. The van der Waals surface area contributed by atoms with Crippen LogP contribution in [0.25, 0.3) is 0 Å². The summed E-state index contributed by atoms with van der Waals surface area (Å²) in [5.74, 6) is 4.01. The van der Waals surface area contributed by atoms with Gasteiger partial charge in [0, 0.05) is 18.6 Å². The Kier molecular flexibility index (Phi) is 3.50. The molecule has 2 heteroatoms. The Morgan fingerprint density at radius 3 is 2.05 bits per heavy atom. The highest BCUT2D eigenvalue weighted by molar-refractivity contribution is 5.85. The van der Waals surface area contributed by atoms with Crippen LogP contribution in [-0.4, -0.2) is 23.5 Å². The molecule has 0 aromatic rings. The lowest BCUT2D eigenvalue weighted by molar-refractivity contribution is -0.0898. The van der Waals surface area contributed by atoms with Crippen molar-refractivity contribution in [3.63, 3.8) is 0 Å². The van der Waals surface area contributed by atoms with Gasteiger partial charge in [-0.25, -0.2) is 0 Å². The average molecular weight is 282 g/mol. The van der Waals surface area contributed by atoms with Gasteiger partial charge < -0.3 is 0 Å². The Labute approximate surface area is 124 Å². The minimum atomic E-state index is 0. The topological polar surface area (TPSA) is 3.24 Å². The van der Waals surface area contributed by atoms with Gasteiger partial charge in [-0.2, -0.15) is 0 Å². The molecule has 0 saturated heterocycles. The molecular formula is C17H28ClN. The molecule has 4 fully saturated rings. The van der Waals surface area contributed by atoms with Crippen LogP contribution in [-0.2, 0) is 0 Å².